The average molecular weight is 467 g/mol. The minimum atomic E-state index is 0.749. The van der Waals surface area contributed by atoms with E-state index in [9.17, 15) is 0 Å². The molecule has 0 radical (unpaired) electrons. The second-order valence-corrected chi connectivity index (χ2v) is 8.17. The molecular formula is C28H23BrN2. The third kappa shape index (κ3) is 4.89. The molecule has 0 fully saturated rings. The zero-order chi connectivity index (χ0) is 21.6. The normalized spacial score (nSPS) is 13.6. The molecule has 3 heteroatoms. The van der Waals surface area contributed by atoms with Crippen LogP contribution in [0.25, 0.3) is 33.7 Å². The molecule has 0 spiro atoms. The Balaban J connectivity index is 1.90. The molecule has 0 unspecified atom stereocenters. The maximum Gasteiger partial charge on any atom is 0.160 e. The van der Waals surface area contributed by atoms with Crippen LogP contribution in [0.2, 0.25) is 0 Å². The van der Waals surface area contributed by atoms with Crippen molar-refractivity contribution in [3.8, 4) is 22.5 Å². The molecule has 31 heavy (non-hydrogen) atoms. The quantitative estimate of drug-likeness (QED) is 0.343. The van der Waals surface area contributed by atoms with Crippen LogP contribution < -0.4 is 0 Å². The van der Waals surface area contributed by atoms with E-state index in [4.69, 9.17) is 9.97 Å². The van der Waals surface area contributed by atoms with Crippen LogP contribution >= 0.6 is 15.9 Å². The monoisotopic (exact) mass is 466 g/mol. The van der Waals surface area contributed by atoms with Crippen LogP contribution in [0.4, 0.5) is 0 Å². The smallest absolute Gasteiger partial charge is 0.160 e. The summed E-state index contributed by atoms with van der Waals surface area (Å²) in [5.41, 5.74) is 7.01. The number of rotatable bonds is 6. The molecule has 152 valence electrons. The largest absolute Gasteiger partial charge is 0.228 e. The van der Waals surface area contributed by atoms with Crippen molar-refractivity contribution in [2.75, 3.05) is 0 Å². The second kappa shape index (κ2) is 9.67. The summed E-state index contributed by atoms with van der Waals surface area (Å²) in [6.45, 7) is 7.76. The Morgan fingerprint density at radius 2 is 1.68 bits per heavy atom. The third-order valence-corrected chi connectivity index (χ3v) is 5.55. The Morgan fingerprint density at radius 1 is 0.903 bits per heavy atom. The van der Waals surface area contributed by atoms with Crippen molar-refractivity contribution in [2.45, 2.75) is 12.8 Å². The van der Waals surface area contributed by atoms with Gasteiger partial charge in [0.2, 0.25) is 0 Å². The summed E-state index contributed by atoms with van der Waals surface area (Å²) in [5.74, 6) is 0.749. The lowest BCUT2D eigenvalue weighted by atomic mass is 10.00. The Bertz CT molecular complexity index is 1220. The molecule has 3 aromatic rings. The first-order valence-electron chi connectivity index (χ1n) is 10.3. The number of nitrogens with zero attached hydrogens (tertiary/aromatic N) is 2. The fraction of sp³-hybridized carbons (Fsp3) is 0.0714. The number of halogens is 1. The molecular weight excluding hydrogens is 444 g/mol. The summed E-state index contributed by atoms with van der Waals surface area (Å²) >= 11 is 3.66. The highest BCUT2D eigenvalue weighted by Gasteiger charge is 2.13. The molecule has 0 bridgehead atoms. The maximum atomic E-state index is 4.95. The first-order chi connectivity index (χ1) is 15.2. The minimum Gasteiger partial charge on any atom is -0.228 e. The lowest BCUT2D eigenvalue weighted by molar-refractivity contribution is 1.03. The van der Waals surface area contributed by atoms with Crippen molar-refractivity contribution < 1.29 is 0 Å². The van der Waals surface area contributed by atoms with E-state index in [-0.39, 0.29) is 0 Å². The zero-order valence-electron chi connectivity index (χ0n) is 17.3. The highest BCUT2D eigenvalue weighted by Crippen LogP contribution is 2.31. The van der Waals surface area contributed by atoms with Gasteiger partial charge < -0.3 is 0 Å². The van der Waals surface area contributed by atoms with Gasteiger partial charge in [-0.05, 0) is 48.2 Å². The molecule has 1 aromatic heterocycles. The van der Waals surface area contributed by atoms with Gasteiger partial charge in [0.1, 0.15) is 0 Å². The molecule has 0 saturated carbocycles. The van der Waals surface area contributed by atoms with Crippen molar-refractivity contribution in [3.05, 3.63) is 120 Å². The number of benzene rings is 2. The fourth-order valence-corrected chi connectivity index (χ4v) is 4.07. The predicted octanol–water partition coefficient (Wildman–Crippen LogP) is 8.06. The summed E-state index contributed by atoms with van der Waals surface area (Å²) in [4.78, 5) is 9.84. The first-order valence-corrected chi connectivity index (χ1v) is 11.1. The predicted molar refractivity (Wildman–Crippen MR) is 135 cm³/mol. The van der Waals surface area contributed by atoms with Gasteiger partial charge in [-0.3, -0.25) is 0 Å². The van der Waals surface area contributed by atoms with Crippen LogP contribution in [0.15, 0.2) is 109 Å². The summed E-state index contributed by atoms with van der Waals surface area (Å²) < 4.78 is 0.981. The Morgan fingerprint density at radius 3 is 2.35 bits per heavy atom. The van der Waals surface area contributed by atoms with E-state index in [1.165, 1.54) is 0 Å². The van der Waals surface area contributed by atoms with Crippen molar-refractivity contribution >= 4 is 27.1 Å². The molecule has 0 N–H and O–H groups in total. The van der Waals surface area contributed by atoms with Gasteiger partial charge in [0.15, 0.2) is 5.82 Å². The van der Waals surface area contributed by atoms with E-state index in [1.54, 1.807) is 6.08 Å². The van der Waals surface area contributed by atoms with E-state index in [2.05, 4.69) is 83.7 Å². The first kappa shape index (κ1) is 21.0. The van der Waals surface area contributed by atoms with Crippen LogP contribution in [-0.2, 0) is 0 Å². The lowest BCUT2D eigenvalue weighted by Crippen LogP contribution is -2.00. The van der Waals surface area contributed by atoms with E-state index >= 15 is 0 Å². The SMILES string of the molecule is C=C/C=C(\C=C)c1cc(Br)cc(-c2cc(-c3ccccc3)nc(C3=CCCC=C3)n2)c1. The van der Waals surface area contributed by atoms with Gasteiger partial charge in [0, 0.05) is 21.2 Å². The van der Waals surface area contributed by atoms with Gasteiger partial charge in [-0.2, -0.15) is 0 Å². The average Bonchev–Trinajstić information content (AvgIpc) is 2.83. The topological polar surface area (TPSA) is 25.8 Å². The number of allylic oxidation sites excluding steroid dienone is 8. The molecule has 1 heterocycles. The van der Waals surface area contributed by atoms with Gasteiger partial charge in [0.05, 0.1) is 11.4 Å². The van der Waals surface area contributed by atoms with Crippen LogP contribution in [0.5, 0.6) is 0 Å². The fourth-order valence-electron chi connectivity index (χ4n) is 3.57. The van der Waals surface area contributed by atoms with Crippen LogP contribution in [0.1, 0.15) is 24.2 Å². The second-order valence-electron chi connectivity index (χ2n) is 7.26. The summed E-state index contributed by atoms with van der Waals surface area (Å²) in [6, 6.07) is 18.6. The molecule has 1 aliphatic carbocycles. The molecule has 2 nitrogen and oxygen atoms in total. The van der Waals surface area contributed by atoms with Crippen LogP contribution in [-0.4, -0.2) is 9.97 Å². The van der Waals surface area contributed by atoms with Crippen molar-refractivity contribution in [2.24, 2.45) is 0 Å². The number of aromatic nitrogens is 2. The minimum absolute atomic E-state index is 0.749. The standard InChI is InChI=1S/C28H23BrN2/c1-3-11-20(4-2)23-16-24(18-25(29)17-23)27-19-26(21-12-7-5-8-13-21)30-28(31-27)22-14-9-6-10-15-22/h3-5,7-9,11-19H,1-2,6,10H2/b20-11+. The van der Waals surface area contributed by atoms with Gasteiger partial charge >= 0.3 is 0 Å². The van der Waals surface area contributed by atoms with Gasteiger partial charge in [-0.25, -0.2) is 9.97 Å². The molecule has 1 aliphatic rings. The summed E-state index contributed by atoms with van der Waals surface area (Å²) in [5, 5.41) is 0. The van der Waals surface area contributed by atoms with Crippen molar-refractivity contribution in [3.63, 3.8) is 0 Å². The lowest BCUT2D eigenvalue weighted by Gasteiger charge is -2.13. The summed E-state index contributed by atoms with van der Waals surface area (Å²) in [7, 11) is 0. The van der Waals surface area contributed by atoms with Crippen LogP contribution in [0, 0.1) is 0 Å². The zero-order valence-corrected chi connectivity index (χ0v) is 18.8. The van der Waals surface area contributed by atoms with Gasteiger partial charge in [-0.1, -0.05) is 95.9 Å². The molecule has 4 rings (SSSR count). The van der Waals surface area contributed by atoms with Crippen molar-refractivity contribution in [1.82, 2.24) is 9.97 Å². The summed E-state index contributed by atoms with van der Waals surface area (Å²) in [6.07, 6.45) is 14.1. The van der Waals surface area contributed by atoms with E-state index in [0.29, 0.717) is 0 Å². The molecule has 2 aromatic carbocycles. The Kier molecular flexibility index (Phi) is 6.54. The van der Waals surface area contributed by atoms with E-state index in [1.807, 2.05) is 30.4 Å². The Labute approximate surface area is 192 Å². The molecule has 0 saturated heterocycles. The highest BCUT2D eigenvalue weighted by molar-refractivity contribution is 9.10. The van der Waals surface area contributed by atoms with Crippen molar-refractivity contribution in [1.29, 1.82) is 0 Å². The molecule has 0 amide bonds. The van der Waals surface area contributed by atoms with Crippen LogP contribution in [0.3, 0.4) is 0 Å². The molecule has 0 aliphatic heterocycles. The maximum absolute atomic E-state index is 4.95. The van der Waals surface area contributed by atoms with Gasteiger partial charge in [0.25, 0.3) is 0 Å². The Hall–Kier alpha value is -3.30. The molecule has 0 atom stereocenters. The van der Waals surface area contributed by atoms with E-state index < -0.39 is 0 Å². The highest BCUT2D eigenvalue weighted by atomic mass is 79.9. The number of hydrogen-bond donors (Lipinski definition) is 0. The third-order valence-electron chi connectivity index (χ3n) is 5.09. The van der Waals surface area contributed by atoms with E-state index in [0.717, 1.165) is 62.4 Å². The number of hydrogen-bond acceptors (Lipinski definition) is 2. The van der Waals surface area contributed by atoms with Gasteiger partial charge in [-0.15, -0.1) is 0 Å².